The maximum atomic E-state index is 13.8. The minimum absolute atomic E-state index is 0.129. The third-order valence-electron chi connectivity index (χ3n) is 2.38. The minimum Gasteiger partial charge on any atom is -0.306 e. The molecule has 3 heteroatoms. The van der Waals surface area contributed by atoms with Crippen LogP contribution in [0.2, 0.25) is 0 Å². The van der Waals surface area contributed by atoms with Gasteiger partial charge in [-0.05, 0) is 32.0 Å². The predicted molar refractivity (Wildman–Crippen MR) is 69.9 cm³/mol. The van der Waals surface area contributed by atoms with Gasteiger partial charge in [-0.25, -0.2) is 4.39 Å². The summed E-state index contributed by atoms with van der Waals surface area (Å²) < 4.78 is 14.6. The quantitative estimate of drug-likeness (QED) is 0.800. The number of hydrogen-bond donors (Lipinski definition) is 1. The Bertz CT molecular complexity index is 356. The fraction of sp³-hybridized carbons (Fsp3) is 0.385. The molecule has 0 spiro atoms. The molecule has 88 valence electrons. The molecule has 1 aromatic rings. The van der Waals surface area contributed by atoms with E-state index < -0.39 is 0 Å². The average molecular weight is 286 g/mol. The summed E-state index contributed by atoms with van der Waals surface area (Å²) in [5.41, 5.74) is 1.56. The van der Waals surface area contributed by atoms with Crippen molar-refractivity contribution in [2.24, 2.45) is 0 Å². The highest BCUT2D eigenvalue weighted by molar-refractivity contribution is 9.10. The number of hydrogen-bond acceptors (Lipinski definition) is 1. The second-order valence-electron chi connectivity index (χ2n) is 3.87. The smallest absolute Gasteiger partial charge is 0.129 e. The number of benzene rings is 1. The summed E-state index contributed by atoms with van der Waals surface area (Å²) in [6.45, 7) is 8.75. The van der Waals surface area contributed by atoms with Crippen LogP contribution in [0.4, 0.5) is 4.39 Å². The van der Waals surface area contributed by atoms with Crippen LogP contribution in [0.25, 0.3) is 0 Å². The molecule has 0 fully saturated rings. The topological polar surface area (TPSA) is 12.0 Å². The molecule has 0 amide bonds. The van der Waals surface area contributed by atoms with Crippen molar-refractivity contribution in [2.45, 2.75) is 26.3 Å². The summed E-state index contributed by atoms with van der Waals surface area (Å²) in [6, 6.07) is 4.89. The van der Waals surface area contributed by atoms with Gasteiger partial charge in [-0.15, -0.1) is 0 Å². The van der Waals surface area contributed by atoms with Crippen molar-refractivity contribution in [3.63, 3.8) is 0 Å². The van der Waals surface area contributed by atoms with Gasteiger partial charge in [0.1, 0.15) is 5.82 Å². The lowest BCUT2D eigenvalue weighted by atomic mass is 10.0. The Morgan fingerprint density at radius 2 is 2.25 bits per heavy atom. The van der Waals surface area contributed by atoms with E-state index in [-0.39, 0.29) is 11.9 Å². The molecule has 0 saturated heterocycles. The van der Waals surface area contributed by atoms with Crippen molar-refractivity contribution in [1.29, 1.82) is 0 Å². The molecule has 0 aromatic heterocycles. The number of nitrogens with one attached hydrogen (secondary N) is 1. The van der Waals surface area contributed by atoms with Crippen LogP contribution in [-0.4, -0.2) is 6.54 Å². The molecular formula is C13H17BrFN. The molecule has 0 radical (unpaired) electrons. The second kappa shape index (κ2) is 6.16. The lowest BCUT2D eigenvalue weighted by Gasteiger charge is -2.21. The fourth-order valence-electron chi connectivity index (χ4n) is 1.60. The Morgan fingerprint density at radius 3 is 2.75 bits per heavy atom. The molecule has 1 atom stereocenters. The maximum absolute atomic E-state index is 13.8. The molecular weight excluding hydrogens is 269 g/mol. The van der Waals surface area contributed by atoms with Crippen LogP contribution in [-0.2, 0) is 0 Å². The first kappa shape index (κ1) is 13.4. The van der Waals surface area contributed by atoms with Crippen LogP contribution in [0.3, 0.4) is 0 Å². The van der Waals surface area contributed by atoms with Crippen LogP contribution in [0.1, 0.15) is 31.9 Å². The monoisotopic (exact) mass is 285 g/mol. The largest absolute Gasteiger partial charge is 0.306 e. The Kier molecular flexibility index (Phi) is 5.16. The highest BCUT2D eigenvalue weighted by Crippen LogP contribution is 2.29. The van der Waals surface area contributed by atoms with E-state index >= 15 is 0 Å². The SMILES string of the molecule is C=C(C)C(NCCC)c1c(F)cccc1Br. The summed E-state index contributed by atoms with van der Waals surface area (Å²) in [5, 5.41) is 3.30. The van der Waals surface area contributed by atoms with E-state index in [0.29, 0.717) is 5.56 Å². The van der Waals surface area contributed by atoms with Crippen molar-refractivity contribution in [2.75, 3.05) is 6.54 Å². The lowest BCUT2D eigenvalue weighted by molar-refractivity contribution is 0.540. The highest BCUT2D eigenvalue weighted by atomic mass is 79.9. The predicted octanol–water partition coefficient (Wildman–Crippen LogP) is 4.21. The Labute approximate surface area is 105 Å². The van der Waals surface area contributed by atoms with Crippen LogP contribution >= 0.6 is 15.9 Å². The van der Waals surface area contributed by atoms with E-state index in [4.69, 9.17) is 0 Å². The van der Waals surface area contributed by atoms with Gasteiger partial charge in [-0.2, -0.15) is 0 Å². The molecule has 0 heterocycles. The standard InChI is InChI=1S/C13H17BrFN/c1-4-8-16-13(9(2)3)12-10(14)6-5-7-11(12)15/h5-7,13,16H,2,4,8H2,1,3H3. The van der Waals surface area contributed by atoms with Gasteiger partial charge < -0.3 is 5.32 Å². The molecule has 1 N–H and O–H groups in total. The van der Waals surface area contributed by atoms with Crippen LogP contribution in [0, 0.1) is 5.82 Å². The van der Waals surface area contributed by atoms with Gasteiger partial charge in [-0.3, -0.25) is 0 Å². The second-order valence-corrected chi connectivity index (χ2v) is 4.72. The van der Waals surface area contributed by atoms with E-state index in [9.17, 15) is 4.39 Å². The van der Waals surface area contributed by atoms with Gasteiger partial charge in [0.05, 0.1) is 6.04 Å². The molecule has 1 nitrogen and oxygen atoms in total. The van der Waals surface area contributed by atoms with Crippen LogP contribution < -0.4 is 5.32 Å². The number of halogens is 2. The third kappa shape index (κ3) is 3.16. The molecule has 0 bridgehead atoms. The first-order valence-corrected chi connectivity index (χ1v) is 6.20. The normalized spacial score (nSPS) is 12.5. The average Bonchev–Trinajstić information content (AvgIpc) is 2.21. The Hall–Kier alpha value is -0.670. The molecule has 1 unspecified atom stereocenters. The molecule has 0 aliphatic rings. The van der Waals surface area contributed by atoms with Crippen LogP contribution in [0.15, 0.2) is 34.8 Å². The van der Waals surface area contributed by atoms with E-state index in [0.717, 1.165) is 23.0 Å². The van der Waals surface area contributed by atoms with Gasteiger partial charge >= 0.3 is 0 Å². The zero-order valence-electron chi connectivity index (χ0n) is 9.69. The zero-order valence-corrected chi connectivity index (χ0v) is 11.3. The summed E-state index contributed by atoms with van der Waals surface area (Å²) in [6.07, 6.45) is 1.01. The Morgan fingerprint density at radius 1 is 1.56 bits per heavy atom. The van der Waals surface area contributed by atoms with Gasteiger partial charge in [0.2, 0.25) is 0 Å². The van der Waals surface area contributed by atoms with Crippen molar-refractivity contribution in [3.8, 4) is 0 Å². The van der Waals surface area contributed by atoms with Crippen LogP contribution in [0.5, 0.6) is 0 Å². The van der Waals surface area contributed by atoms with E-state index in [2.05, 4.69) is 34.7 Å². The van der Waals surface area contributed by atoms with Gasteiger partial charge in [0.15, 0.2) is 0 Å². The van der Waals surface area contributed by atoms with Crippen molar-refractivity contribution in [1.82, 2.24) is 5.32 Å². The first-order valence-electron chi connectivity index (χ1n) is 5.40. The first-order chi connectivity index (χ1) is 7.57. The maximum Gasteiger partial charge on any atom is 0.129 e. The summed E-state index contributed by atoms with van der Waals surface area (Å²) >= 11 is 3.39. The molecule has 0 saturated carbocycles. The van der Waals surface area contributed by atoms with Crippen molar-refractivity contribution >= 4 is 15.9 Å². The highest BCUT2D eigenvalue weighted by Gasteiger charge is 2.18. The molecule has 16 heavy (non-hydrogen) atoms. The number of rotatable bonds is 5. The summed E-state index contributed by atoms with van der Waals surface area (Å²) in [4.78, 5) is 0. The van der Waals surface area contributed by atoms with Gasteiger partial charge in [-0.1, -0.05) is 41.1 Å². The molecule has 1 aromatic carbocycles. The third-order valence-corrected chi connectivity index (χ3v) is 3.07. The van der Waals surface area contributed by atoms with Gasteiger partial charge in [0, 0.05) is 10.0 Å². The Balaban J connectivity index is 3.05. The van der Waals surface area contributed by atoms with Crippen molar-refractivity contribution < 1.29 is 4.39 Å². The minimum atomic E-state index is -0.203. The summed E-state index contributed by atoms with van der Waals surface area (Å²) in [7, 11) is 0. The molecule has 0 aliphatic heterocycles. The molecule has 1 rings (SSSR count). The fourth-order valence-corrected chi connectivity index (χ4v) is 2.17. The summed E-state index contributed by atoms with van der Waals surface area (Å²) in [5.74, 6) is -0.203. The van der Waals surface area contributed by atoms with Crippen molar-refractivity contribution in [3.05, 3.63) is 46.2 Å². The lowest BCUT2D eigenvalue weighted by Crippen LogP contribution is -2.24. The molecule has 0 aliphatic carbocycles. The van der Waals surface area contributed by atoms with E-state index in [1.54, 1.807) is 6.07 Å². The van der Waals surface area contributed by atoms with E-state index in [1.807, 2.05) is 13.0 Å². The van der Waals surface area contributed by atoms with E-state index in [1.165, 1.54) is 6.07 Å². The zero-order chi connectivity index (χ0) is 12.1. The van der Waals surface area contributed by atoms with Gasteiger partial charge in [0.25, 0.3) is 0 Å².